The summed E-state index contributed by atoms with van der Waals surface area (Å²) in [5.74, 6) is 0.420. The Hall–Kier alpha value is -1.02. The number of halogens is 2. The minimum absolute atomic E-state index is 0.420. The van der Waals surface area contributed by atoms with Crippen LogP contribution in [0.2, 0.25) is 10.0 Å². The third kappa shape index (κ3) is 2.78. The Bertz CT molecular complexity index is 694. The summed E-state index contributed by atoms with van der Waals surface area (Å²) >= 11 is 12.3. The monoisotopic (exact) mass is 331 g/mol. The van der Waals surface area contributed by atoms with Gasteiger partial charge in [-0.05, 0) is 54.5 Å². The quantitative estimate of drug-likeness (QED) is 0.759. The molecule has 2 aliphatic rings. The van der Waals surface area contributed by atoms with E-state index >= 15 is 0 Å². The summed E-state index contributed by atoms with van der Waals surface area (Å²) in [6.45, 7) is 0. The molecule has 2 aromatic carbocycles. The third-order valence-corrected chi connectivity index (χ3v) is 5.59. The smallest absolute Gasteiger partial charge is 0.0595 e. The lowest BCUT2D eigenvalue weighted by Crippen LogP contribution is -2.28. The number of rotatable bonds is 3. The van der Waals surface area contributed by atoms with Crippen molar-refractivity contribution in [1.29, 1.82) is 0 Å². The van der Waals surface area contributed by atoms with Crippen LogP contribution in [0.1, 0.15) is 54.3 Å². The third-order valence-electron chi connectivity index (χ3n) is 4.85. The van der Waals surface area contributed by atoms with Gasteiger partial charge in [-0.1, -0.05) is 53.5 Å². The molecular formula is C19H19Cl2N. The SMILES string of the molecule is Clc1ccc([C@@H]2CC[C@@H](NC3CC3)c3ccccc32)cc1Cl. The average Bonchev–Trinajstić information content (AvgIpc) is 3.35. The Morgan fingerprint density at radius 1 is 0.818 bits per heavy atom. The second-order valence-corrected chi connectivity index (χ2v) is 7.24. The van der Waals surface area contributed by atoms with Crippen molar-refractivity contribution in [2.24, 2.45) is 0 Å². The molecule has 1 fully saturated rings. The minimum Gasteiger partial charge on any atom is -0.307 e. The van der Waals surface area contributed by atoms with E-state index in [4.69, 9.17) is 23.2 Å². The van der Waals surface area contributed by atoms with Crippen molar-refractivity contribution in [3.63, 3.8) is 0 Å². The van der Waals surface area contributed by atoms with Gasteiger partial charge in [0.15, 0.2) is 0 Å². The van der Waals surface area contributed by atoms with Gasteiger partial charge in [0.2, 0.25) is 0 Å². The molecular weight excluding hydrogens is 313 g/mol. The van der Waals surface area contributed by atoms with E-state index in [9.17, 15) is 0 Å². The van der Waals surface area contributed by atoms with Crippen molar-refractivity contribution in [2.75, 3.05) is 0 Å². The van der Waals surface area contributed by atoms with Gasteiger partial charge in [0.05, 0.1) is 10.0 Å². The molecule has 0 aliphatic heterocycles. The van der Waals surface area contributed by atoms with Gasteiger partial charge in [-0.15, -0.1) is 0 Å². The first kappa shape index (κ1) is 14.6. The van der Waals surface area contributed by atoms with Crippen molar-refractivity contribution in [3.05, 3.63) is 69.2 Å². The molecule has 4 rings (SSSR count). The molecule has 1 nitrogen and oxygen atoms in total. The van der Waals surface area contributed by atoms with E-state index in [0.717, 1.165) is 12.5 Å². The van der Waals surface area contributed by atoms with Crippen LogP contribution in [-0.4, -0.2) is 6.04 Å². The van der Waals surface area contributed by atoms with Crippen LogP contribution in [0.3, 0.4) is 0 Å². The average molecular weight is 332 g/mol. The molecule has 0 amide bonds. The highest BCUT2D eigenvalue weighted by Crippen LogP contribution is 2.43. The normalized spacial score (nSPS) is 24.1. The predicted molar refractivity (Wildman–Crippen MR) is 92.9 cm³/mol. The molecule has 2 aliphatic carbocycles. The maximum Gasteiger partial charge on any atom is 0.0595 e. The lowest BCUT2D eigenvalue weighted by Gasteiger charge is -2.32. The molecule has 0 heterocycles. The summed E-state index contributed by atoms with van der Waals surface area (Å²) in [4.78, 5) is 0. The van der Waals surface area contributed by atoms with Gasteiger partial charge in [-0.25, -0.2) is 0 Å². The molecule has 114 valence electrons. The van der Waals surface area contributed by atoms with Gasteiger partial charge in [0, 0.05) is 18.0 Å². The molecule has 1 N–H and O–H groups in total. The van der Waals surface area contributed by atoms with E-state index in [1.54, 1.807) is 0 Å². The minimum atomic E-state index is 0.420. The lowest BCUT2D eigenvalue weighted by atomic mass is 9.77. The first-order chi connectivity index (χ1) is 10.7. The molecule has 0 spiro atoms. The fourth-order valence-electron chi connectivity index (χ4n) is 3.57. The van der Waals surface area contributed by atoms with Gasteiger partial charge in [-0.2, -0.15) is 0 Å². The maximum absolute atomic E-state index is 6.22. The van der Waals surface area contributed by atoms with Crippen molar-refractivity contribution >= 4 is 23.2 Å². The molecule has 2 atom stereocenters. The second-order valence-electron chi connectivity index (χ2n) is 6.43. The molecule has 1 saturated carbocycles. The first-order valence-corrected chi connectivity index (χ1v) is 8.78. The topological polar surface area (TPSA) is 12.0 Å². The number of hydrogen-bond donors (Lipinski definition) is 1. The molecule has 0 bridgehead atoms. The standard InChI is InChI=1S/C19H19Cl2N/c20-17-9-5-12(11-18(17)21)14-8-10-19(22-13-6-7-13)16-4-2-1-3-15(14)16/h1-5,9,11,13-14,19,22H,6-8,10H2/t14-,19+/m0/s1. The van der Waals surface area contributed by atoms with Crippen LogP contribution in [-0.2, 0) is 0 Å². The molecule has 2 aromatic rings. The van der Waals surface area contributed by atoms with E-state index in [1.165, 1.54) is 36.0 Å². The highest BCUT2D eigenvalue weighted by atomic mass is 35.5. The number of nitrogens with one attached hydrogen (secondary N) is 1. The largest absolute Gasteiger partial charge is 0.307 e. The highest BCUT2D eigenvalue weighted by molar-refractivity contribution is 6.42. The van der Waals surface area contributed by atoms with E-state index in [0.29, 0.717) is 22.0 Å². The van der Waals surface area contributed by atoms with Gasteiger partial charge in [-0.3, -0.25) is 0 Å². The Morgan fingerprint density at radius 2 is 1.59 bits per heavy atom. The van der Waals surface area contributed by atoms with Gasteiger partial charge < -0.3 is 5.32 Å². The maximum atomic E-state index is 6.22. The Kier molecular flexibility index (Phi) is 3.89. The summed E-state index contributed by atoms with van der Waals surface area (Å²) in [7, 11) is 0. The molecule has 0 unspecified atom stereocenters. The van der Waals surface area contributed by atoms with Crippen LogP contribution in [0.25, 0.3) is 0 Å². The van der Waals surface area contributed by atoms with E-state index in [-0.39, 0.29) is 0 Å². The fraction of sp³-hybridized carbons (Fsp3) is 0.368. The van der Waals surface area contributed by atoms with Crippen molar-refractivity contribution in [2.45, 2.75) is 43.7 Å². The van der Waals surface area contributed by atoms with Gasteiger partial charge in [0.1, 0.15) is 0 Å². The number of fused-ring (bicyclic) bond motifs is 1. The van der Waals surface area contributed by atoms with Crippen LogP contribution in [0.15, 0.2) is 42.5 Å². The lowest BCUT2D eigenvalue weighted by molar-refractivity contribution is 0.438. The molecule has 0 radical (unpaired) electrons. The van der Waals surface area contributed by atoms with Crippen LogP contribution >= 0.6 is 23.2 Å². The fourth-order valence-corrected chi connectivity index (χ4v) is 3.88. The zero-order valence-electron chi connectivity index (χ0n) is 12.4. The second kappa shape index (κ2) is 5.88. The highest BCUT2D eigenvalue weighted by Gasteiger charge is 2.31. The van der Waals surface area contributed by atoms with Crippen LogP contribution in [0.4, 0.5) is 0 Å². The summed E-state index contributed by atoms with van der Waals surface area (Å²) in [6, 6.07) is 16.1. The zero-order valence-corrected chi connectivity index (χ0v) is 13.9. The van der Waals surface area contributed by atoms with E-state index < -0.39 is 0 Å². The number of benzene rings is 2. The Morgan fingerprint density at radius 3 is 2.32 bits per heavy atom. The Balaban J connectivity index is 1.70. The van der Waals surface area contributed by atoms with Crippen molar-refractivity contribution < 1.29 is 0 Å². The van der Waals surface area contributed by atoms with E-state index in [1.807, 2.05) is 12.1 Å². The predicted octanol–water partition coefficient (Wildman–Crippen LogP) is 5.71. The van der Waals surface area contributed by atoms with Gasteiger partial charge >= 0.3 is 0 Å². The van der Waals surface area contributed by atoms with Crippen LogP contribution in [0, 0.1) is 0 Å². The molecule has 0 saturated heterocycles. The molecule has 3 heteroatoms. The van der Waals surface area contributed by atoms with Crippen molar-refractivity contribution in [1.82, 2.24) is 5.32 Å². The summed E-state index contributed by atoms with van der Waals surface area (Å²) < 4.78 is 0. The van der Waals surface area contributed by atoms with Crippen LogP contribution < -0.4 is 5.32 Å². The van der Waals surface area contributed by atoms with Gasteiger partial charge in [0.25, 0.3) is 0 Å². The Labute approximate surface area is 141 Å². The molecule has 0 aromatic heterocycles. The summed E-state index contributed by atoms with van der Waals surface area (Å²) in [5, 5.41) is 5.07. The first-order valence-electron chi connectivity index (χ1n) is 8.02. The van der Waals surface area contributed by atoms with E-state index in [2.05, 4.69) is 35.6 Å². The van der Waals surface area contributed by atoms with Crippen molar-refractivity contribution in [3.8, 4) is 0 Å². The molecule has 22 heavy (non-hydrogen) atoms. The summed E-state index contributed by atoms with van der Waals surface area (Å²) in [6.07, 6.45) is 4.99. The zero-order chi connectivity index (χ0) is 15.1. The van der Waals surface area contributed by atoms with Crippen LogP contribution in [0.5, 0.6) is 0 Å². The number of hydrogen-bond acceptors (Lipinski definition) is 1. The summed E-state index contributed by atoms with van der Waals surface area (Å²) in [5.41, 5.74) is 4.16.